The molecule has 15 rings (SSSR count). The lowest BCUT2D eigenvalue weighted by Crippen LogP contribution is -2.31. The Kier molecular flexibility index (Phi) is 14.1. The molecule has 0 saturated carbocycles. The summed E-state index contributed by atoms with van der Waals surface area (Å²) in [7, 11) is 0. The number of fused-ring (bicyclic) bond motifs is 15. The van der Waals surface area contributed by atoms with E-state index >= 15 is 0 Å². The first kappa shape index (κ1) is 50.3. The van der Waals surface area contributed by atoms with Gasteiger partial charge in [0.1, 0.15) is 28.6 Å². The van der Waals surface area contributed by atoms with Gasteiger partial charge in [-0.3, -0.25) is 29.7 Å². The molecule has 0 bridgehead atoms. The fourth-order valence-electron chi connectivity index (χ4n) is 13.9. The van der Waals surface area contributed by atoms with E-state index in [9.17, 15) is 4.39 Å². The quantitative estimate of drug-likeness (QED) is 0.137. The molecule has 3 unspecified atom stereocenters. The second-order valence-corrected chi connectivity index (χ2v) is 22.7. The van der Waals surface area contributed by atoms with Crippen LogP contribution in [0.3, 0.4) is 0 Å². The second-order valence-electron chi connectivity index (χ2n) is 21.9. The van der Waals surface area contributed by atoms with Gasteiger partial charge >= 0.3 is 0 Å². The lowest BCUT2D eigenvalue weighted by Gasteiger charge is -2.31. The summed E-state index contributed by atoms with van der Waals surface area (Å²) in [4.78, 5) is 43.5. The van der Waals surface area contributed by atoms with Gasteiger partial charge in [-0.25, -0.2) is 29.3 Å². The monoisotopic (exact) mass is 1070 g/mol. The molecule has 15 heterocycles. The maximum atomic E-state index is 13.1. The molecule has 0 aliphatic carbocycles. The molecule has 0 aromatic carbocycles. The number of nitrogens with zero attached hydrogens (tertiary/aromatic N) is 14. The highest BCUT2D eigenvalue weighted by Gasteiger charge is 2.38. The minimum absolute atomic E-state index is 0.296. The van der Waals surface area contributed by atoms with E-state index in [2.05, 4.69) is 88.4 Å². The third kappa shape index (κ3) is 9.81. The first-order valence-electron chi connectivity index (χ1n) is 27.9. The van der Waals surface area contributed by atoms with Gasteiger partial charge in [-0.2, -0.15) is 0 Å². The van der Waals surface area contributed by atoms with Crippen molar-refractivity contribution in [3.63, 3.8) is 0 Å². The molecule has 0 radical (unpaired) electrons. The van der Waals surface area contributed by atoms with E-state index in [1.807, 2.05) is 31.7 Å². The first-order valence-corrected chi connectivity index (χ1v) is 28.6. The molecule has 3 fully saturated rings. The highest BCUT2D eigenvalue weighted by Crippen LogP contribution is 2.46. The summed E-state index contributed by atoms with van der Waals surface area (Å²) in [5, 5.41) is 5.20. The Morgan fingerprint density at radius 3 is 1.48 bits per heavy atom. The topological polar surface area (TPSA) is 128 Å². The fourth-order valence-corrected chi connectivity index (χ4v) is 14.2. The van der Waals surface area contributed by atoms with E-state index < -0.39 is 0 Å². The highest BCUT2D eigenvalue weighted by atomic mass is 35.5. The van der Waals surface area contributed by atoms with Crippen molar-refractivity contribution in [2.45, 2.75) is 129 Å². The zero-order valence-electron chi connectivity index (χ0n) is 44.1. The van der Waals surface area contributed by atoms with E-state index in [4.69, 9.17) is 28.2 Å². The van der Waals surface area contributed by atoms with Crippen molar-refractivity contribution < 1.29 is 4.39 Å². The van der Waals surface area contributed by atoms with Crippen LogP contribution in [0.4, 0.5) is 4.39 Å². The largest absolute Gasteiger partial charge is 0.329 e. The van der Waals surface area contributed by atoms with Crippen molar-refractivity contribution >= 4 is 56.3 Å². The number of aryl methyl sites for hydroxylation is 8. The Morgan fingerprint density at radius 2 is 0.987 bits per heavy atom. The normalized spacial score (nSPS) is 19.8. The third-order valence-corrected chi connectivity index (χ3v) is 17.7. The molecule has 3 saturated heterocycles. The maximum absolute atomic E-state index is 13.1. The maximum Gasteiger partial charge on any atom is 0.141 e. The van der Waals surface area contributed by atoms with E-state index in [0.717, 1.165) is 110 Å². The average Bonchev–Trinajstić information content (AvgIpc) is 4.41. The Hall–Kier alpha value is -6.23. The predicted octanol–water partition coefficient (Wildman–Crippen LogP) is 11.0. The van der Waals surface area contributed by atoms with Crippen LogP contribution >= 0.6 is 23.2 Å². The molecule has 0 amide bonds. The third-order valence-electron chi connectivity index (χ3n) is 17.3. The molecule has 6 aliphatic rings. The van der Waals surface area contributed by atoms with Crippen LogP contribution in [-0.2, 0) is 58.2 Å². The van der Waals surface area contributed by atoms with Crippen molar-refractivity contribution in [2.75, 3.05) is 39.3 Å². The van der Waals surface area contributed by atoms with Gasteiger partial charge in [0, 0.05) is 178 Å². The van der Waals surface area contributed by atoms with Crippen molar-refractivity contribution in [3.8, 4) is 0 Å². The number of halogens is 3. The molecular weight excluding hydrogens is 1010 g/mol. The van der Waals surface area contributed by atoms with Crippen LogP contribution in [0.25, 0.3) is 33.1 Å². The molecule has 0 spiro atoms. The van der Waals surface area contributed by atoms with Crippen molar-refractivity contribution in [3.05, 3.63) is 164 Å². The molecule has 9 aromatic rings. The zero-order valence-corrected chi connectivity index (χ0v) is 45.6. The molecule has 17 heteroatoms. The van der Waals surface area contributed by atoms with Crippen molar-refractivity contribution in [1.82, 2.24) is 68.3 Å². The molecular formula is C60H65Cl2FN14. The number of aromatic nitrogens is 11. The number of pyridine rings is 4. The zero-order chi connectivity index (χ0) is 52.1. The van der Waals surface area contributed by atoms with Crippen molar-refractivity contribution in [2.24, 2.45) is 0 Å². The number of hydrogen-bond acceptors (Lipinski definition) is 11. The number of hydrogen-bond donors (Lipinski definition) is 0. The van der Waals surface area contributed by atoms with E-state index in [-0.39, 0.29) is 5.82 Å². The smallest absolute Gasteiger partial charge is 0.141 e. The molecule has 77 heavy (non-hydrogen) atoms. The molecule has 3 atom stereocenters. The predicted molar refractivity (Wildman–Crippen MR) is 300 cm³/mol. The molecule has 14 nitrogen and oxygen atoms in total. The van der Waals surface area contributed by atoms with Gasteiger partial charge in [-0.15, -0.1) is 0 Å². The SMILES string of the molecule is Cc1cnc2c(c1)c1c(n2CCc2cnc(C)nc2)CCN2CCCC12.Clc1cnc2c(c1)c1c(n2CCc2cnccn2)CCN2CCCC12.Fc1ccc(CCn2c3c(c4cc(Cl)cnc42)C2CCCN2CC3)nc1. The number of rotatable bonds is 9. The lowest BCUT2D eigenvalue weighted by atomic mass is 9.96. The molecule has 0 N–H and O–H groups in total. The Morgan fingerprint density at radius 1 is 0.494 bits per heavy atom. The summed E-state index contributed by atoms with van der Waals surface area (Å²) in [5.74, 6) is 0.534. The van der Waals surface area contributed by atoms with Crippen LogP contribution in [0.15, 0.2) is 86.1 Å². The van der Waals surface area contributed by atoms with Crippen LogP contribution in [-0.4, -0.2) is 108 Å². The van der Waals surface area contributed by atoms with Crippen LogP contribution in [0.2, 0.25) is 10.0 Å². The minimum Gasteiger partial charge on any atom is -0.329 e. The Bertz CT molecular complexity index is 3440. The minimum atomic E-state index is -0.296. The molecule has 6 aliphatic heterocycles. The summed E-state index contributed by atoms with van der Waals surface area (Å²) in [6, 6.07) is 11.4. The van der Waals surface area contributed by atoms with Gasteiger partial charge in [0.25, 0.3) is 0 Å². The summed E-state index contributed by atoms with van der Waals surface area (Å²) in [6.07, 6.45) is 29.4. The standard InChI is InChI=1S/C21H25N5.C20H20ClFN4.C19H20ClN5/c1-14-10-17-20-18-4-3-7-25(18)8-6-19(20)26(21(17)24-11-14)9-5-16-12-22-15(2)23-13-16;21-13-10-16-19-17-2-1-7-25(17)8-6-18(19)26(20(16)24-11-13)9-5-15-4-3-14(22)12-23-15;20-13-10-15-18-16-2-1-7-24(16)8-4-17(18)25(19(15)23-11-13)9-3-14-12-21-5-6-22-14/h10-13,18H,3-9H2,1-2H3;3-4,10-12,17H,1-2,5-9H2;5-6,10-12,16H,1-4,7-9H2. The average molecular weight is 1070 g/mol. The van der Waals surface area contributed by atoms with Crippen LogP contribution in [0, 0.1) is 19.7 Å². The Labute approximate surface area is 458 Å². The molecule has 9 aromatic heterocycles. The highest BCUT2D eigenvalue weighted by molar-refractivity contribution is 6.31. The second kappa shape index (κ2) is 21.5. The van der Waals surface area contributed by atoms with E-state index in [1.165, 1.54) is 132 Å². The van der Waals surface area contributed by atoms with Crippen LogP contribution in [0.1, 0.15) is 119 Å². The molecule has 396 valence electrons. The van der Waals surface area contributed by atoms with Gasteiger partial charge in [0.15, 0.2) is 0 Å². The lowest BCUT2D eigenvalue weighted by molar-refractivity contribution is 0.242. The van der Waals surface area contributed by atoms with Gasteiger partial charge < -0.3 is 13.7 Å². The van der Waals surface area contributed by atoms with Crippen LogP contribution < -0.4 is 0 Å². The van der Waals surface area contributed by atoms with Gasteiger partial charge in [-0.1, -0.05) is 23.2 Å². The van der Waals surface area contributed by atoms with Crippen molar-refractivity contribution in [1.29, 1.82) is 0 Å². The summed E-state index contributed by atoms with van der Waals surface area (Å²) in [6.45, 7) is 13.8. The summed E-state index contributed by atoms with van der Waals surface area (Å²) in [5.41, 5.74) is 16.4. The van der Waals surface area contributed by atoms with Crippen LogP contribution in [0.5, 0.6) is 0 Å². The van der Waals surface area contributed by atoms with Gasteiger partial charge in [-0.05, 0) is 137 Å². The van der Waals surface area contributed by atoms with Gasteiger partial charge in [0.2, 0.25) is 0 Å². The van der Waals surface area contributed by atoms with Gasteiger partial charge in [0.05, 0.1) is 21.9 Å². The Balaban J connectivity index is 0.000000110. The van der Waals surface area contributed by atoms with E-state index in [0.29, 0.717) is 23.1 Å². The summed E-state index contributed by atoms with van der Waals surface area (Å²) >= 11 is 12.6. The summed E-state index contributed by atoms with van der Waals surface area (Å²) < 4.78 is 20.3. The fraction of sp³-hybridized carbons (Fsp3) is 0.433. The first-order chi connectivity index (χ1) is 37.7. The van der Waals surface area contributed by atoms with E-state index in [1.54, 1.807) is 36.4 Å².